The normalized spacial score (nSPS) is 16.8. The highest BCUT2D eigenvalue weighted by Crippen LogP contribution is 2.19. The number of carbonyl (C=O) groups excluding carboxylic acids is 1. The average Bonchev–Trinajstić information content (AvgIpc) is 2.30. The molecule has 0 aliphatic heterocycles. The van der Waals surface area contributed by atoms with Crippen LogP contribution in [0.1, 0.15) is 48.0 Å². The van der Waals surface area contributed by atoms with Crippen LogP contribution < -0.4 is 5.32 Å². The lowest BCUT2D eigenvalue weighted by molar-refractivity contribution is 0.0927. The Balaban J connectivity index is 2.03. The number of benzene rings is 1. The highest BCUT2D eigenvalue weighted by atomic mass is 35.5. The molecule has 0 spiro atoms. The molecule has 2 nitrogen and oxygen atoms in total. The van der Waals surface area contributed by atoms with Gasteiger partial charge in [-0.2, -0.15) is 0 Å². The molecule has 1 amide bonds. The predicted molar refractivity (Wildman–Crippen MR) is 70.5 cm³/mol. The maximum Gasteiger partial charge on any atom is 0.251 e. The highest BCUT2D eigenvalue weighted by Gasteiger charge is 2.17. The maximum atomic E-state index is 12.1. The molecular formula is C14H18ClNO. The molecule has 1 aromatic carbocycles. The first-order valence-corrected chi connectivity index (χ1v) is 6.61. The van der Waals surface area contributed by atoms with E-state index in [0.29, 0.717) is 11.1 Å². The number of hydrogen-bond acceptors (Lipinski definition) is 1. The first-order chi connectivity index (χ1) is 8.16. The molecule has 17 heavy (non-hydrogen) atoms. The minimum atomic E-state index is 0.0334. The molecule has 2 rings (SSSR count). The van der Waals surface area contributed by atoms with Gasteiger partial charge in [0.15, 0.2) is 0 Å². The van der Waals surface area contributed by atoms with Crippen LogP contribution in [0, 0.1) is 6.92 Å². The van der Waals surface area contributed by atoms with Crippen LogP contribution in [0.25, 0.3) is 0 Å². The monoisotopic (exact) mass is 251 g/mol. The number of hydrogen-bond donors (Lipinski definition) is 1. The summed E-state index contributed by atoms with van der Waals surface area (Å²) in [6, 6.07) is 5.75. The van der Waals surface area contributed by atoms with E-state index in [1.807, 2.05) is 13.0 Å². The summed E-state index contributed by atoms with van der Waals surface area (Å²) in [6.45, 7) is 1.92. The molecule has 0 radical (unpaired) electrons. The first-order valence-electron chi connectivity index (χ1n) is 6.24. The Hall–Kier alpha value is -1.02. The summed E-state index contributed by atoms with van der Waals surface area (Å²) >= 11 is 5.88. The van der Waals surface area contributed by atoms with Gasteiger partial charge in [-0.25, -0.2) is 0 Å². The van der Waals surface area contributed by atoms with Gasteiger partial charge in [-0.05, 0) is 43.5 Å². The van der Waals surface area contributed by atoms with Gasteiger partial charge in [0.2, 0.25) is 0 Å². The Labute approximate surface area is 107 Å². The minimum Gasteiger partial charge on any atom is -0.349 e. The van der Waals surface area contributed by atoms with Crippen LogP contribution in [0.2, 0.25) is 5.02 Å². The molecule has 1 aromatic rings. The van der Waals surface area contributed by atoms with Crippen LogP contribution in [0.5, 0.6) is 0 Å². The van der Waals surface area contributed by atoms with E-state index < -0.39 is 0 Å². The van der Waals surface area contributed by atoms with Crippen molar-refractivity contribution in [3.8, 4) is 0 Å². The summed E-state index contributed by atoms with van der Waals surface area (Å²) in [5, 5.41) is 3.79. The minimum absolute atomic E-state index is 0.0334. The fourth-order valence-electron chi connectivity index (χ4n) is 2.39. The molecular weight excluding hydrogens is 234 g/mol. The topological polar surface area (TPSA) is 29.1 Å². The Bertz CT molecular complexity index is 411. The van der Waals surface area contributed by atoms with Crippen molar-refractivity contribution < 1.29 is 4.79 Å². The number of halogens is 1. The van der Waals surface area contributed by atoms with Gasteiger partial charge in [0.25, 0.3) is 5.91 Å². The van der Waals surface area contributed by atoms with Crippen LogP contribution in [0.4, 0.5) is 0 Å². The summed E-state index contributed by atoms with van der Waals surface area (Å²) in [4.78, 5) is 12.1. The zero-order chi connectivity index (χ0) is 12.3. The van der Waals surface area contributed by atoms with Gasteiger partial charge in [-0.3, -0.25) is 4.79 Å². The lowest BCUT2D eigenvalue weighted by atomic mass is 9.95. The van der Waals surface area contributed by atoms with Gasteiger partial charge in [0, 0.05) is 16.6 Å². The SMILES string of the molecule is Cc1cc(Cl)ccc1C(=O)NC1CCCCC1. The third-order valence-electron chi connectivity index (χ3n) is 3.37. The molecule has 1 fully saturated rings. The Morgan fingerprint density at radius 2 is 2.00 bits per heavy atom. The van der Waals surface area contributed by atoms with E-state index in [0.717, 1.165) is 24.0 Å². The van der Waals surface area contributed by atoms with Crippen LogP contribution in [0.15, 0.2) is 18.2 Å². The molecule has 0 atom stereocenters. The first kappa shape index (κ1) is 12.4. The van der Waals surface area contributed by atoms with Crippen LogP contribution in [-0.2, 0) is 0 Å². The van der Waals surface area contributed by atoms with Crippen molar-refractivity contribution in [1.29, 1.82) is 0 Å². The zero-order valence-corrected chi connectivity index (χ0v) is 10.9. The van der Waals surface area contributed by atoms with E-state index in [9.17, 15) is 4.79 Å². The van der Waals surface area contributed by atoms with Crippen molar-refractivity contribution in [3.05, 3.63) is 34.3 Å². The van der Waals surface area contributed by atoms with Crippen LogP contribution in [-0.4, -0.2) is 11.9 Å². The van der Waals surface area contributed by atoms with Gasteiger partial charge in [-0.1, -0.05) is 30.9 Å². The zero-order valence-electron chi connectivity index (χ0n) is 10.1. The Morgan fingerprint density at radius 3 is 2.65 bits per heavy atom. The predicted octanol–water partition coefficient (Wildman–Crippen LogP) is 3.71. The van der Waals surface area contributed by atoms with Crippen molar-refractivity contribution in [3.63, 3.8) is 0 Å². The van der Waals surface area contributed by atoms with Gasteiger partial charge in [0.05, 0.1) is 0 Å². The van der Waals surface area contributed by atoms with Crippen molar-refractivity contribution >= 4 is 17.5 Å². The molecule has 1 aliphatic carbocycles. The Morgan fingerprint density at radius 1 is 1.29 bits per heavy atom. The second kappa shape index (κ2) is 5.54. The second-order valence-electron chi connectivity index (χ2n) is 4.77. The number of carbonyl (C=O) groups is 1. The van der Waals surface area contributed by atoms with Gasteiger partial charge < -0.3 is 5.32 Å². The fraction of sp³-hybridized carbons (Fsp3) is 0.500. The highest BCUT2D eigenvalue weighted by molar-refractivity contribution is 6.30. The lowest BCUT2D eigenvalue weighted by Crippen LogP contribution is -2.36. The molecule has 1 saturated carbocycles. The third kappa shape index (κ3) is 3.22. The molecule has 0 saturated heterocycles. The van der Waals surface area contributed by atoms with E-state index >= 15 is 0 Å². The summed E-state index contributed by atoms with van der Waals surface area (Å²) in [7, 11) is 0. The van der Waals surface area contributed by atoms with Crippen LogP contribution >= 0.6 is 11.6 Å². The maximum absolute atomic E-state index is 12.1. The fourth-order valence-corrected chi connectivity index (χ4v) is 2.62. The summed E-state index contributed by atoms with van der Waals surface area (Å²) in [5.74, 6) is 0.0334. The Kier molecular flexibility index (Phi) is 4.06. The van der Waals surface area contributed by atoms with Gasteiger partial charge in [-0.15, -0.1) is 0 Å². The second-order valence-corrected chi connectivity index (χ2v) is 5.20. The molecule has 0 aromatic heterocycles. The average molecular weight is 252 g/mol. The molecule has 92 valence electrons. The molecule has 0 unspecified atom stereocenters. The molecule has 0 heterocycles. The van der Waals surface area contributed by atoms with Crippen molar-refractivity contribution in [1.82, 2.24) is 5.32 Å². The smallest absolute Gasteiger partial charge is 0.251 e. The van der Waals surface area contributed by atoms with Crippen molar-refractivity contribution in [2.45, 2.75) is 45.1 Å². The number of rotatable bonds is 2. The van der Waals surface area contributed by atoms with Gasteiger partial charge in [0.1, 0.15) is 0 Å². The standard InChI is InChI=1S/C14H18ClNO/c1-10-9-11(15)7-8-13(10)14(17)16-12-5-3-2-4-6-12/h7-9,12H,2-6H2,1H3,(H,16,17). The van der Waals surface area contributed by atoms with Crippen molar-refractivity contribution in [2.24, 2.45) is 0 Å². The van der Waals surface area contributed by atoms with E-state index in [2.05, 4.69) is 5.32 Å². The lowest BCUT2D eigenvalue weighted by Gasteiger charge is -2.23. The van der Waals surface area contributed by atoms with E-state index in [4.69, 9.17) is 11.6 Å². The molecule has 3 heteroatoms. The number of aryl methyl sites for hydroxylation is 1. The van der Waals surface area contributed by atoms with E-state index in [1.54, 1.807) is 12.1 Å². The number of nitrogens with one attached hydrogen (secondary N) is 1. The largest absolute Gasteiger partial charge is 0.349 e. The van der Waals surface area contributed by atoms with E-state index in [-0.39, 0.29) is 5.91 Å². The summed E-state index contributed by atoms with van der Waals surface area (Å²) in [5.41, 5.74) is 1.67. The third-order valence-corrected chi connectivity index (χ3v) is 3.61. The van der Waals surface area contributed by atoms with Crippen LogP contribution in [0.3, 0.4) is 0 Å². The molecule has 0 bridgehead atoms. The summed E-state index contributed by atoms with van der Waals surface area (Å²) < 4.78 is 0. The molecule has 1 aliphatic rings. The number of amides is 1. The molecule has 1 N–H and O–H groups in total. The summed E-state index contributed by atoms with van der Waals surface area (Å²) in [6.07, 6.45) is 5.97. The van der Waals surface area contributed by atoms with E-state index in [1.165, 1.54) is 19.3 Å². The quantitative estimate of drug-likeness (QED) is 0.853. The van der Waals surface area contributed by atoms with Gasteiger partial charge >= 0.3 is 0 Å². The van der Waals surface area contributed by atoms with Crippen molar-refractivity contribution in [2.75, 3.05) is 0 Å².